The van der Waals surface area contributed by atoms with E-state index in [1.165, 1.54) is 4.90 Å². The SMILES string of the molecule is O=C(O)CN1[C@H](CNCOC(=O)CCNCOC(=O)[C@H](CCCCNC(=O)CCN2C(=O)C=CC2=O)C(=O)O)CC[C@@H]1C(=O)O. The van der Waals surface area contributed by atoms with Gasteiger partial charge in [-0.05, 0) is 25.7 Å². The van der Waals surface area contributed by atoms with Crippen LogP contribution < -0.4 is 16.0 Å². The number of carboxylic acid groups (broad SMARTS) is 3. The fraction of sp³-hybridized carbons (Fsp3) is 0.630. The van der Waals surface area contributed by atoms with Crippen LogP contribution in [0.3, 0.4) is 0 Å². The molecule has 45 heavy (non-hydrogen) atoms. The predicted octanol–water partition coefficient (Wildman–Crippen LogP) is -2.14. The molecule has 2 heterocycles. The first-order valence-corrected chi connectivity index (χ1v) is 14.4. The van der Waals surface area contributed by atoms with E-state index in [1.807, 2.05) is 0 Å². The Morgan fingerprint density at radius 2 is 1.58 bits per heavy atom. The van der Waals surface area contributed by atoms with Crippen LogP contribution in [0.5, 0.6) is 0 Å². The van der Waals surface area contributed by atoms with E-state index in [4.69, 9.17) is 14.6 Å². The number of amides is 3. The topological polar surface area (TPSA) is 258 Å². The molecule has 0 aromatic rings. The average molecular weight is 642 g/mol. The largest absolute Gasteiger partial charge is 0.481 e. The van der Waals surface area contributed by atoms with Crippen molar-refractivity contribution in [1.82, 2.24) is 25.8 Å². The monoisotopic (exact) mass is 641 g/mol. The fourth-order valence-electron chi connectivity index (χ4n) is 4.73. The third-order valence-corrected chi connectivity index (χ3v) is 7.07. The van der Waals surface area contributed by atoms with Crippen LogP contribution in [0.25, 0.3) is 0 Å². The number of aliphatic carboxylic acids is 3. The summed E-state index contributed by atoms with van der Waals surface area (Å²) in [6.07, 6.45) is 3.52. The number of nitrogens with zero attached hydrogens (tertiary/aromatic N) is 2. The molecule has 0 bridgehead atoms. The molecule has 0 unspecified atom stereocenters. The first kappa shape index (κ1) is 36.8. The Labute approximate surface area is 258 Å². The molecule has 1 saturated heterocycles. The minimum absolute atomic E-state index is 0.0301. The molecule has 18 nitrogen and oxygen atoms in total. The highest BCUT2D eigenvalue weighted by Crippen LogP contribution is 2.23. The van der Waals surface area contributed by atoms with Crippen LogP contribution in [0.2, 0.25) is 0 Å². The summed E-state index contributed by atoms with van der Waals surface area (Å²) >= 11 is 0. The van der Waals surface area contributed by atoms with Gasteiger partial charge in [-0.3, -0.25) is 58.8 Å². The lowest BCUT2D eigenvalue weighted by molar-refractivity contribution is -0.160. The lowest BCUT2D eigenvalue weighted by atomic mass is 10.0. The molecule has 2 aliphatic heterocycles. The van der Waals surface area contributed by atoms with E-state index in [1.54, 1.807) is 0 Å². The molecule has 18 heteroatoms. The molecule has 1 fully saturated rings. The van der Waals surface area contributed by atoms with E-state index >= 15 is 0 Å². The number of unbranched alkanes of at least 4 members (excludes halogenated alkanes) is 1. The molecule has 0 radical (unpaired) electrons. The van der Waals surface area contributed by atoms with Crippen LogP contribution >= 0.6 is 0 Å². The Morgan fingerprint density at radius 1 is 0.889 bits per heavy atom. The van der Waals surface area contributed by atoms with Gasteiger partial charge in [0.05, 0.1) is 13.0 Å². The second-order valence-corrected chi connectivity index (χ2v) is 10.3. The Morgan fingerprint density at radius 3 is 2.22 bits per heavy atom. The molecule has 0 aliphatic carbocycles. The summed E-state index contributed by atoms with van der Waals surface area (Å²) in [5, 5.41) is 35.8. The number of ether oxygens (including phenoxy) is 2. The Balaban J connectivity index is 1.53. The molecule has 0 spiro atoms. The highest BCUT2D eigenvalue weighted by molar-refractivity contribution is 6.13. The maximum absolute atomic E-state index is 12.2. The lowest BCUT2D eigenvalue weighted by Gasteiger charge is -2.26. The molecule has 6 N–H and O–H groups in total. The second kappa shape index (κ2) is 19.1. The molecular weight excluding hydrogens is 602 g/mol. The van der Waals surface area contributed by atoms with Crippen molar-refractivity contribution >= 4 is 47.6 Å². The number of carbonyl (C=O) groups excluding carboxylic acids is 5. The summed E-state index contributed by atoms with van der Waals surface area (Å²) in [4.78, 5) is 95.2. The van der Waals surface area contributed by atoms with E-state index < -0.39 is 60.2 Å². The normalized spacial score (nSPS) is 18.5. The zero-order valence-electron chi connectivity index (χ0n) is 24.6. The number of carboxylic acids is 3. The van der Waals surface area contributed by atoms with Crippen LogP contribution in [-0.4, -0.2) is 131 Å². The smallest absolute Gasteiger partial charge is 0.321 e. The van der Waals surface area contributed by atoms with Gasteiger partial charge >= 0.3 is 29.8 Å². The Hall–Kier alpha value is -4.42. The van der Waals surface area contributed by atoms with Gasteiger partial charge in [-0.1, -0.05) is 6.42 Å². The van der Waals surface area contributed by atoms with Gasteiger partial charge in [0.1, 0.15) is 19.5 Å². The Kier molecular flexibility index (Phi) is 15.6. The third-order valence-electron chi connectivity index (χ3n) is 7.07. The highest BCUT2D eigenvalue weighted by atomic mass is 16.5. The van der Waals surface area contributed by atoms with Crippen molar-refractivity contribution in [3.63, 3.8) is 0 Å². The molecule has 3 atom stereocenters. The summed E-state index contributed by atoms with van der Waals surface area (Å²) in [5.41, 5.74) is 0. The van der Waals surface area contributed by atoms with Crippen molar-refractivity contribution in [2.24, 2.45) is 5.92 Å². The van der Waals surface area contributed by atoms with E-state index in [9.17, 15) is 48.6 Å². The van der Waals surface area contributed by atoms with Gasteiger partial charge in [0.15, 0.2) is 5.92 Å². The molecule has 0 saturated carbocycles. The number of hydrogen-bond donors (Lipinski definition) is 6. The second-order valence-electron chi connectivity index (χ2n) is 10.3. The summed E-state index contributed by atoms with van der Waals surface area (Å²) in [7, 11) is 0. The standard InChI is InChI=1S/C27H39N5O13/c33-20(9-12-31-21(34)6-7-22(31)35)30-10-2-1-3-18(25(39)40)27(43)45-15-28-11-8-24(38)44-16-29-13-17-4-5-19(26(41)42)32(17)14-23(36)37/h6-7,17-19,28-29H,1-5,8-16H2,(H,30,33)(H,36,37)(H,39,40)(H,41,42)/t17-,18+,19+/m0/s1. The number of likely N-dealkylation sites (tertiary alicyclic amines) is 1. The highest BCUT2D eigenvalue weighted by Gasteiger charge is 2.38. The number of hydrogen-bond acceptors (Lipinski definition) is 13. The van der Waals surface area contributed by atoms with Crippen LogP contribution in [-0.2, 0) is 47.8 Å². The lowest BCUT2D eigenvalue weighted by Crippen LogP contribution is -2.47. The van der Waals surface area contributed by atoms with Crippen LogP contribution in [0, 0.1) is 5.92 Å². The minimum atomic E-state index is -1.42. The summed E-state index contributed by atoms with van der Waals surface area (Å²) < 4.78 is 9.97. The van der Waals surface area contributed by atoms with E-state index in [0.29, 0.717) is 25.7 Å². The number of esters is 2. The molecule has 2 aliphatic rings. The summed E-state index contributed by atoms with van der Waals surface area (Å²) in [5.74, 6) is -7.92. The maximum atomic E-state index is 12.2. The first-order chi connectivity index (χ1) is 21.4. The van der Waals surface area contributed by atoms with Gasteiger partial charge in [-0.15, -0.1) is 0 Å². The Bertz CT molecular complexity index is 1130. The van der Waals surface area contributed by atoms with Crippen molar-refractivity contribution in [3.05, 3.63) is 12.2 Å². The third kappa shape index (κ3) is 13.0. The van der Waals surface area contributed by atoms with Crippen molar-refractivity contribution in [2.75, 3.05) is 46.2 Å². The number of nitrogens with one attached hydrogen (secondary N) is 3. The van der Waals surface area contributed by atoms with E-state index in [2.05, 4.69) is 16.0 Å². The maximum Gasteiger partial charge on any atom is 0.321 e. The van der Waals surface area contributed by atoms with Gasteiger partial charge < -0.3 is 30.1 Å². The molecule has 2 rings (SSSR count). The van der Waals surface area contributed by atoms with Gasteiger partial charge in [0.2, 0.25) is 5.91 Å². The molecule has 250 valence electrons. The van der Waals surface area contributed by atoms with Crippen LogP contribution in [0.15, 0.2) is 12.2 Å². The molecule has 0 aromatic carbocycles. The van der Waals surface area contributed by atoms with Gasteiger partial charge in [-0.25, -0.2) is 0 Å². The summed E-state index contributed by atoms with van der Waals surface area (Å²) in [6, 6.07) is -1.23. The van der Waals surface area contributed by atoms with E-state index in [-0.39, 0.29) is 70.9 Å². The van der Waals surface area contributed by atoms with Crippen molar-refractivity contribution in [2.45, 2.75) is 57.0 Å². The number of imide groups is 1. The van der Waals surface area contributed by atoms with Crippen molar-refractivity contribution < 1.29 is 63.1 Å². The van der Waals surface area contributed by atoms with Crippen LogP contribution in [0.4, 0.5) is 0 Å². The molecule has 3 amide bonds. The number of rotatable bonds is 22. The minimum Gasteiger partial charge on any atom is -0.481 e. The zero-order chi connectivity index (χ0) is 33.4. The zero-order valence-corrected chi connectivity index (χ0v) is 24.6. The molecule has 0 aromatic heterocycles. The summed E-state index contributed by atoms with van der Waals surface area (Å²) in [6.45, 7) is -0.483. The van der Waals surface area contributed by atoms with Gasteiger partial charge in [0.25, 0.3) is 11.8 Å². The average Bonchev–Trinajstić information content (AvgIpc) is 3.52. The van der Waals surface area contributed by atoms with E-state index in [0.717, 1.165) is 17.1 Å². The fourth-order valence-corrected chi connectivity index (χ4v) is 4.73. The first-order valence-electron chi connectivity index (χ1n) is 14.4. The van der Waals surface area contributed by atoms with Crippen LogP contribution in [0.1, 0.15) is 44.9 Å². The van der Waals surface area contributed by atoms with Gasteiger partial charge in [-0.2, -0.15) is 0 Å². The van der Waals surface area contributed by atoms with Crippen molar-refractivity contribution in [3.8, 4) is 0 Å². The molecular formula is C27H39N5O13. The quantitative estimate of drug-likeness (QED) is 0.0242. The van der Waals surface area contributed by atoms with Crippen molar-refractivity contribution in [1.29, 1.82) is 0 Å². The van der Waals surface area contributed by atoms with Gasteiger partial charge in [0, 0.05) is 50.8 Å². The predicted molar refractivity (Wildman–Crippen MR) is 150 cm³/mol. The number of carbonyl (C=O) groups is 8.